The van der Waals surface area contributed by atoms with E-state index in [0.717, 1.165) is 27.4 Å². The average Bonchev–Trinajstić information content (AvgIpc) is 2.54. The maximum Gasteiger partial charge on any atom is 0.0702 e. The van der Waals surface area contributed by atoms with E-state index in [9.17, 15) is 0 Å². The van der Waals surface area contributed by atoms with Gasteiger partial charge in [-0.2, -0.15) is 0 Å². The maximum atomic E-state index is 5.77. The molecule has 0 aliphatic carbocycles. The van der Waals surface area contributed by atoms with E-state index in [0.29, 0.717) is 0 Å². The third-order valence-corrected chi connectivity index (χ3v) is 4.39. The van der Waals surface area contributed by atoms with E-state index in [4.69, 9.17) is 5.84 Å². The monoisotopic (exact) mass is 341 g/mol. The molecule has 0 aliphatic rings. The summed E-state index contributed by atoms with van der Waals surface area (Å²) in [6.45, 7) is 0. The average molecular weight is 342 g/mol. The molecule has 1 heterocycles. The zero-order chi connectivity index (χ0) is 14.7. The molecule has 0 bridgehead atoms. The molecular formula is C17H16BrN3. The van der Waals surface area contributed by atoms with Gasteiger partial charge in [0.05, 0.1) is 11.6 Å². The van der Waals surface area contributed by atoms with Crippen LogP contribution in [0.3, 0.4) is 0 Å². The normalized spacial score (nSPS) is 12.5. The van der Waals surface area contributed by atoms with E-state index in [1.54, 1.807) is 0 Å². The zero-order valence-electron chi connectivity index (χ0n) is 11.5. The summed E-state index contributed by atoms with van der Waals surface area (Å²) in [6.07, 6.45) is 2.63. The quantitative estimate of drug-likeness (QED) is 0.561. The van der Waals surface area contributed by atoms with Crippen molar-refractivity contribution in [1.82, 2.24) is 10.4 Å². The summed E-state index contributed by atoms with van der Waals surface area (Å²) in [5.74, 6) is 5.77. The van der Waals surface area contributed by atoms with Gasteiger partial charge in [0.1, 0.15) is 0 Å². The highest BCUT2D eigenvalue weighted by atomic mass is 79.9. The highest BCUT2D eigenvalue weighted by molar-refractivity contribution is 9.10. The molecule has 0 fully saturated rings. The van der Waals surface area contributed by atoms with Crippen LogP contribution < -0.4 is 11.3 Å². The topological polar surface area (TPSA) is 50.9 Å². The number of nitrogens with two attached hydrogens (primary N) is 1. The number of hydrogen-bond donors (Lipinski definition) is 2. The number of pyridine rings is 1. The third-order valence-electron chi connectivity index (χ3n) is 3.61. The van der Waals surface area contributed by atoms with E-state index in [2.05, 4.69) is 50.6 Å². The molecule has 0 spiro atoms. The summed E-state index contributed by atoms with van der Waals surface area (Å²) in [5, 5.41) is 1.13. The van der Waals surface area contributed by atoms with Crippen LogP contribution in [0.4, 0.5) is 0 Å². The number of hydrazine groups is 1. The molecule has 1 unspecified atom stereocenters. The summed E-state index contributed by atoms with van der Waals surface area (Å²) < 4.78 is 1.10. The van der Waals surface area contributed by atoms with Crippen molar-refractivity contribution in [3.05, 3.63) is 76.4 Å². The van der Waals surface area contributed by atoms with E-state index in [1.807, 2.05) is 36.5 Å². The Balaban J connectivity index is 1.93. The molecule has 106 valence electrons. The fourth-order valence-electron chi connectivity index (χ4n) is 2.47. The second kappa shape index (κ2) is 6.35. The van der Waals surface area contributed by atoms with Crippen molar-refractivity contribution in [2.75, 3.05) is 0 Å². The van der Waals surface area contributed by atoms with E-state index >= 15 is 0 Å². The van der Waals surface area contributed by atoms with E-state index < -0.39 is 0 Å². The van der Waals surface area contributed by atoms with Gasteiger partial charge in [0.15, 0.2) is 0 Å². The number of hydrogen-bond acceptors (Lipinski definition) is 3. The molecule has 3 N–H and O–H groups in total. The lowest BCUT2D eigenvalue weighted by Crippen LogP contribution is -2.29. The zero-order valence-corrected chi connectivity index (χ0v) is 13.0. The first-order valence-electron chi connectivity index (χ1n) is 6.82. The van der Waals surface area contributed by atoms with Gasteiger partial charge in [-0.15, -0.1) is 0 Å². The summed E-state index contributed by atoms with van der Waals surface area (Å²) in [5.41, 5.74) is 6.30. The maximum absolute atomic E-state index is 5.77. The molecule has 3 nitrogen and oxygen atoms in total. The molecule has 3 aromatic rings. The number of rotatable bonds is 4. The standard InChI is InChI=1S/C17H16BrN3/c18-15-6-2-1-4-12(15)11-17(21-19)14-7-8-16-13(10-14)5-3-9-20-16/h1-10,17,21H,11,19H2. The van der Waals surface area contributed by atoms with Gasteiger partial charge in [-0.25, -0.2) is 0 Å². The Morgan fingerprint density at radius 2 is 1.95 bits per heavy atom. The predicted octanol–water partition coefficient (Wildman–Crippen LogP) is 3.74. The van der Waals surface area contributed by atoms with E-state index in [1.165, 1.54) is 5.56 Å². The molecule has 0 saturated carbocycles. The Morgan fingerprint density at radius 1 is 1.10 bits per heavy atom. The second-order valence-corrected chi connectivity index (χ2v) is 5.82. The highest BCUT2D eigenvalue weighted by Crippen LogP contribution is 2.25. The van der Waals surface area contributed by atoms with Crippen molar-refractivity contribution in [2.24, 2.45) is 5.84 Å². The van der Waals surface area contributed by atoms with Crippen LogP contribution in [0, 0.1) is 0 Å². The van der Waals surface area contributed by atoms with Gasteiger partial charge in [0.2, 0.25) is 0 Å². The number of benzene rings is 2. The Hall–Kier alpha value is -1.75. The SMILES string of the molecule is NNC(Cc1ccccc1Br)c1ccc2ncccc2c1. The van der Waals surface area contributed by atoms with Crippen molar-refractivity contribution in [3.63, 3.8) is 0 Å². The van der Waals surface area contributed by atoms with Crippen LogP contribution in [0.1, 0.15) is 17.2 Å². The minimum absolute atomic E-state index is 0.0632. The van der Waals surface area contributed by atoms with Gasteiger partial charge < -0.3 is 0 Å². The number of aromatic nitrogens is 1. The van der Waals surface area contributed by atoms with Crippen molar-refractivity contribution in [2.45, 2.75) is 12.5 Å². The fraction of sp³-hybridized carbons (Fsp3) is 0.118. The molecule has 1 atom stereocenters. The van der Waals surface area contributed by atoms with Crippen LogP contribution in [0.5, 0.6) is 0 Å². The molecule has 3 rings (SSSR count). The Bertz CT molecular complexity index is 758. The van der Waals surface area contributed by atoms with Gasteiger partial charge >= 0.3 is 0 Å². The molecule has 0 amide bonds. The first-order valence-corrected chi connectivity index (χ1v) is 7.61. The fourth-order valence-corrected chi connectivity index (χ4v) is 2.91. The summed E-state index contributed by atoms with van der Waals surface area (Å²) in [6, 6.07) is 18.5. The highest BCUT2D eigenvalue weighted by Gasteiger charge is 2.12. The van der Waals surface area contributed by atoms with Crippen LogP contribution in [-0.2, 0) is 6.42 Å². The second-order valence-electron chi connectivity index (χ2n) is 4.97. The molecule has 2 aromatic carbocycles. The number of halogens is 1. The summed E-state index contributed by atoms with van der Waals surface area (Å²) in [4.78, 5) is 4.35. The number of nitrogens with one attached hydrogen (secondary N) is 1. The lowest BCUT2D eigenvalue weighted by Gasteiger charge is -2.17. The number of nitrogens with zero attached hydrogens (tertiary/aromatic N) is 1. The Kier molecular flexibility index (Phi) is 4.29. The van der Waals surface area contributed by atoms with Crippen LogP contribution in [0.2, 0.25) is 0 Å². The first kappa shape index (κ1) is 14.2. The lowest BCUT2D eigenvalue weighted by atomic mass is 9.98. The van der Waals surface area contributed by atoms with Crippen molar-refractivity contribution < 1.29 is 0 Å². The van der Waals surface area contributed by atoms with Crippen molar-refractivity contribution in [1.29, 1.82) is 0 Å². The molecule has 0 saturated heterocycles. The molecular weight excluding hydrogens is 326 g/mol. The molecule has 21 heavy (non-hydrogen) atoms. The molecule has 1 aromatic heterocycles. The van der Waals surface area contributed by atoms with Gasteiger partial charge in [-0.05, 0) is 41.8 Å². The molecule has 4 heteroatoms. The van der Waals surface area contributed by atoms with Gasteiger partial charge in [-0.1, -0.05) is 46.3 Å². The van der Waals surface area contributed by atoms with Crippen molar-refractivity contribution >= 4 is 26.8 Å². The lowest BCUT2D eigenvalue weighted by molar-refractivity contribution is 0.551. The van der Waals surface area contributed by atoms with Gasteiger partial charge in [0, 0.05) is 16.1 Å². The first-order chi connectivity index (χ1) is 10.3. The van der Waals surface area contributed by atoms with Crippen LogP contribution in [0.25, 0.3) is 10.9 Å². The summed E-state index contributed by atoms with van der Waals surface area (Å²) in [7, 11) is 0. The van der Waals surface area contributed by atoms with Gasteiger partial charge in [-0.3, -0.25) is 16.3 Å². The Labute approximate surface area is 132 Å². The predicted molar refractivity (Wildman–Crippen MR) is 89.7 cm³/mol. The van der Waals surface area contributed by atoms with Gasteiger partial charge in [0.25, 0.3) is 0 Å². The van der Waals surface area contributed by atoms with E-state index in [-0.39, 0.29) is 6.04 Å². The van der Waals surface area contributed by atoms with Crippen LogP contribution in [-0.4, -0.2) is 4.98 Å². The minimum Gasteiger partial charge on any atom is -0.271 e. The Morgan fingerprint density at radius 3 is 2.76 bits per heavy atom. The van der Waals surface area contributed by atoms with Crippen LogP contribution >= 0.6 is 15.9 Å². The largest absolute Gasteiger partial charge is 0.271 e. The smallest absolute Gasteiger partial charge is 0.0702 e. The van der Waals surface area contributed by atoms with Crippen molar-refractivity contribution in [3.8, 4) is 0 Å². The summed E-state index contributed by atoms with van der Waals surface area (Å²) >= 11 is 3.59. The number of fused-ring (bicyclic) bond motifs is 1. The molecule has 0 aliphatic heterocycles. The third kappa shape index (κ3) is 3.13. The molecule has 0 radical (unpaired) electrons. The van der Waals surface area contributed by atoms with Crippen LogP contribution in [0.15, 0.2) is 65.3 Å². The minimum atomic E-state index is 0.0632.